The zero-order chi connectivity index (χ0) is 12.7. The molecule has 0 aliphatic carbocycles. The predicted molar refractivity (Wildman–Crippen MR) is 54.8 cm³/mol. The van der Waals surface area contributed by atoms with E-state index in [0.29, 0.717) is 0 Å². The number of alkyl halides is 3. The summed E-state index contributed by atoms with van der Waals surface area (Å²) in [5.74, 6) is -0.239. The van der Waals surface area contributed by atoms with Crippen LogP contribution in [0.4, 0.5) is 13.2 Å². The van der Waals surface area contributed by atoms with E-state index >= 15 is 0 Å². The molecule has 0 saturated carbocycles. The fourth-order valence-electron chi connectivity index (χ4n) is 1.78. The van der Waals surface area contributed by atoms with Gasteiger partial charge in [-0.15, -0.1) is 0 Å². The van der Waals surface area contributed by atoms with Crippen molar-refractivity contribution in [1.29, 1.82) is 0 Å². The van der Waals surface area contributed by atoms with Crippen molar-refractivity contribution in [1.82, 2.24) is 5.32 Å². The Hall–Kier alpha value is -1.27. The number of halogens is 3. The Morgan fingerprint density at radius 1 is 1.35 bits per heavy atom. The molecule has 0 aromatic heterocycles. The van der Waals surface area contributed by atoms with Gasteiger partial charge in [0, 0.05) is 13.1 Å². The largest absolute Gasteiger partial charge is 0.496 e. The monoisotopic (exact) mass is 247 g/mol. The van der Waals surface area contributed by atoms with Crippen LogP contribution in [0.3, 0.4) is 0 Å². The molecule has 1 aliphatic rings. The number of hydrogen-bond donors (Lipinski definition) is 2. The van der Waals surface area contributed by atoms with Gasteiger partial charge in [0.05, 0.1) is 12.7 Å². The second kappa shape index (κ2) is 3.89. The van der Waals surface area contributed by atoms with Crippen LogP contribution in [0.25, 0.3) is 0 Å². The van der Waals surface area contributed by atoms with Gasteiger partial charge in [-0.25, -0.2) is 0 Å². The fourth-order valence-corrected chi connectivity index (χ4v) is 1.78. The molecular formula is C11H12F3NO2. The molecule has 1 aliphatic heterocycles. The summed E-state index contributed by atoms with van der Waals surface area (Å²) in [6, 6.07) is 3.63. The summed E-state index contributed by atoms with van der Waals surface area (Å²) in [5.41, 5.74) is -1.81. The molecule has 0 bridgehead atoms. The molecule has 0 spiro atoms. The van der Waals surface area contributed by atoms with Gasteiger partial charge >= 0.3 is 6.18 Å². The van der Waals surface area contributed by atoms with Crippen LogP contribution < -0.4 is 10.1 Å². The fraction of sp³-hybridized carbons (Fsp3) is 0.455. The third kappa shape index (κ3) is 2.10. The van der Waals surface area contributed by atoms with Crippen molar-refractivity contribution in [2.75, 3.05) is 20.2 Å². The molecule has 2 N–H and O–H groups in total. The van der Waals surface area contributed by atoms with E-state index in [4.69, 9.17) is 0 Å². The minimum atomic E-state index is -4.49. The van der Waals surface area contributed by atoms with Gasteiger partial charge in [0.1, 0.15) is 11.4 Å². The summed E-state index contributed by atoms with van der Waals surface area (Å²) in [5, 5.41) is 12.8. The quantitative estimate of drug-likeness (QED) is 0.832. The zero-order valence-corrected chi connectivity index (χ0v) is 9.14. The van der Waals surface area contributed by atoms with Crippen LogP contribution in [0.2, 0.25) is 0 Å². The van der Waals surface area contributed by atoms with Crippen molar-refractivity contribution in [2.24, 2.45) is 0 Å². The first-order valence-corrected chi connectivity index (χ1v) is 5.06. The highest BCUT2D eigenvalue weighted by Crippen LogP contribution is 2.39. The van der Waals surface area contributed by atoms with E-state index in [1.54, 1.807) is 0 Å². The summed E-state index contributed by atoms with van der Waals surface area (Å²) < 4.78 is 42.9. The Morgan fingerprint density at radius 3 is 2.41 bits per heavy atom. The Balaban J connectivity index is 2.45. The maximum absolute atomic E-state index is 12.7. The average molecular weight is 247 g/mol. The minimum absolute atomic E-state index is 0.239. The second-order valence-corrected chi connectivity index (χ2v) is 4.05. The molecule has 0 radical (unpaired) electrons. The molecule has 94 valence electrons. The maximum atomic E-state index is 12.7. The maximum Gasteiger partial charge on any atom is 0.419 e. The van der Waals surface area contributed by atoms with Gasteiger partial charge in [-0.2, -0.15) is 13.2 Å². The Morgan fingerprint density at radius 2 is 2.00 bits per heavy atom. The molecule has 1 heterocycles. The van der Waals surface area contributed by atoms with Crippen molar-refractivity contribution in [3.63, 3.8) is 0 Å². The molecular weight excluding hydrogens is 235 g/mol. The zero-order valence-electron chi connectivity index (χ0n) is 9.14. The third-order valence-electron chi connectivity index (χ3n) is 2.88. The van der Waals surface area contributed by atoms with Gasteiger partial charge in [-0.1, -0.05) is 6.07 Å². The van der Waals surface area contributed by atoms with Gasteiger partial charge in [0.2, 0.25) is 0 Å². The Labute approximate surface area is 96.2 Å². The van der Waals surface area contributed by atoms with Crippen LogP contribution in [-0.2, 0) is 11.8 Å². The van der Waals surface area contributed by atoms with Crippen LogP contribution in [0, 0.1) is 0 Å². The van der Waals surface area contributed by atoms with E-state index in [-0.39, 0.29) is 24.4 Å². The van der Waals surface area contributed by atoms with Crippen LogP contribution in [-0.4, -0.2) is 25.3 Å². The highest BCUT2D eigenvalue weighted by atomic mass is 19.4. The summed E-state index contributed by atoms with van der Waals surface area (Å²) in [4.78, 5) is 0. The van der Waals surface area contributed by atoms with E-state index < -0.39 is 17.3 Å². The highest BCUT2D eigenvalue weighted by molar-refractivity contribution is 5.42. The number of aliphatic hydroxyl groups is 1. The van der Waals surface area contributed by atoms with Crippen LogP contribution in [0.15, 0.2) is 18.2 Å². The number of β-amino-alcohol motifs (C(OH)–C–C–N with tert-alkyl or cyclic N) is 1. The summed E-state index contributed by atoms with van der Waals surface area (Å²) in [6.45, 7) is 0.521. The molecule has 17 heavy (non-hydrogen) atoms. The van der Waals surface area contributed by atoms with Crippen LogP contribution in [0.1, 0.15) is 11.1 Å². The highest BCUT2D eigenvalue weighted by Gasteiger charge is 2.40. The van der Waals surface area contributed by atoms with Crippen molar-refractivity contribution < 1.29 is 23.0 Å². The molecule has 2 rings (SSSR count). The Bertz CT molecular complexity index is 427. The van der Waals surface area contributed by atoms with Crippen LogP contribution in [0.5, 0.6) is 5.75 Å². The van der Waals surface area contributed by atoms with Crippen molar-refractivity contribution >= 4 is 0 Å². The lowest BCUT2D eigenvalue weighted by Gasteiger charge is -2.38. The first-order valence-electron chi connectivity index (χ1n) is 5.06. The molecule has 3 nitrogen and oxygen atoms in total. The molecule has 1 saturated heterocycles. The normalized spacial score (nSPS) is 18.6. The van der Waals surface area contributed by atoms with E-state index in [9.17, 15) is 18.3 Å². The van der Waals surface area contributed by atoms with Gasteiger partial charge in [0.25, 0.3) is 0 Å². The summed E-state index contributed by atoms with van der Waals surface area (Å²) >= 11 is 0. The van der Waals surface area contributed by atoms with Gasteiger partial charge < -0.3 is 15.2 Å². The van der Waals surface area contributed by atoms with Crippen molar-refractivity contribution in [3.05, 3.63) is 29.3 Å². The topological polar surface area (TPSA) is 41.5 Å². The lowest BCUT2D eigenvalue weighted by molar-refractivity contribution is -0.139. The smallest absolute Gasteiger partial charge is 0.419 e. The summed E-state index contributed by atoms with van der Waals surface area (Å²) in [7, 11) is 1.18. The third-order valence-corrected chi connectivity index (χ3v) is 2.88. The SMILES string of the molecule is COc1ccc(C2(O)CNC2)cc1C(F)(F)F. The van der Waals surface area contributed by atoms with Crippen LogP contribution >= 0.6 is 0 Å². The number of nitrogens with one attached hydrogen (secondary N) is 1. The van der Waals surface area contributed by atoms with Crippen molar-refractivity contribution in [3.8, 4) is 5.75 Å². The lowest BCUT2D eigenvalue weighted by Crippen LogP contribution is -2.56. The van der Waals surface area contributed by atoms with E-state index in [1.807, 2.05) is 0 Å². The molecule has 1 fully saturated rings. The van der Waals surface area contributed by atoms with E-state index in [1.165, 1.54) is 19.2 Å². The molecule has 0 amide bonds. The molecule has 0 atom stereocenters. The van der Waals surface area contributed by atoms with Gasteiger partial charge in [-0.05, 0) is 17.7 Å². The molecule has 1 aromatic rings. The standard InChI is InChI=1S/C11H12F3NO2/c1-17-9-3-2-7(10(16)5-15-6-10)4-8(9)11(12,13)14/h2-4,15-16H,5-6H2,1H3. The van der Waals surface area contributed by atoms with E-state index in [0.717, 1.165) is 6.07 Å². The number of methoxy groups -OCH3 is 1. The van der Waals surface area contributed by atoms with Gasteiger partial charge in [-0.3, -0.25) is 0 Å². The lowest BCUT2D eigenvalue weighted by atomic mass is 9.87. The summed E-state index contributed by atoms with van der Waals surface area (Å²) in [6.07, 6.45) is -4.49. The number of ether oxygens (including phenoxy) is 1. The Kier molecular flexibility index (Phi) is 2.79. The molecule has 0 unspecified atom stereocenters. The number of benzene rings is 1. The second-order valence-electron chi connectivity index (χ2n) is 4.05. The molecule has 1 aromatic carbocycles. The number of hydrogen-bond acceptors (Lipinski definition) is 3. The predicted octanol–water partition coefficient (Wildman–Crippen LogP) is 1.50. The first kappa shape index (κ1) is 12.2. The average Bonchev–Trinajstić information content (AvgIpc) is 2.24. The molecule has 6 heteroatoms. The van der Waals surface area contributed by atoms with Crippen molar-refractivity contribution in [2.45, 2.75) is 11.8 Å². The van der Waals surface area contributed by atoms with E-state index in [2.05, 4.69) is 10.1 Å². The van der Waals surface area contributed by atoms with Gasteiger partial charge in [0.15, 0.2) is 0 Å². The first-order chi connectivity index (χ1) is 7.87. The number of rotatable bonds is 2. The minimum Gasteiger partial charge on any atom is -0.496 e.